The lowest BCUT2D eigenvalue weighted by molar-refractivity contribution is -0.383. The fourth-order valence-electron chi connectivity index (χ4n) is 2.16. The number of carbonyl (C=O) groups excluding carboxylic acids is 2. The zero-order valence-electron chi connectivity index (χ0n) is 13.5. The van der Waals surface area contributed by atoms with E-state index in [1.807, 2.05) is 0 Å². The third-order valence-electron chi connectivity index (χ3n) is 3.33. The predicted molar refractivity (Wildman–Crippen MR) is 100 cm³/mol. The molecule has 1 saturated heterocycles. The van der Waals surface area contributed by atoms with Crippen LogP contribution in [0.2, 0.25) is 5.02 Å². The Morgan fingerprint density at radius 1 is 1.41 bits per heavy atom. The Balaban J connectivity index is 1.66. The molecule has 1 aliphatic heterocycles. The summed E-state index contributed by atoms with van der Waals surface area (Å²) in [6.45, 7) is 0. The molecule has 1 aliphatic rings. The molecule has 1 atom stereocenters. The molecule has 2 heterocycles. The average Bonchev–Trinajstić information content (AvgIpc) is 2.96. The third-order valence-corrected chi connectivity index (χ3v) is 4.65. The van der Waals surface area contributed by atoms with Gasteiger partial charge in [0.2, 0.25) is 11.8 Å². The van der Waals surface area contributed by atoms with Crippen molar-refractivity contribution < 1.29 is 14.5 Å². The van der Waals surface area contributed by atoms with Gasteiger partial charge in [-0.3, -0.25) is 19.7 Å². The van der Waals surface area contributed by atoms with Gasteiger partial charge in [-0.05, 0) is 18.2 Å². The van der Waals surface area contributed by atoms with Gasteiger partial charge in [-0.2, -0.15) is 4.99 Å². The first kappa shape index (κ1) is 18.7. The van der Waals surface area contributed by atoms with Crippen LogP contribution in [0, 0.1) is 10.1 Å². The summed E-state index contributed by atoms with van der Waals surface area (Å²) in [5.41, 5.74) is -0.327. The summed E-state index contributed by atoms with van der Waals surface area (Å²) in [7, 11) is 0. The topological polar surface area (TPSA) is 139 Å². The molecule has 138 valence electrons. The quantitative estimate of drug-likeness (QED) is 0.573. The summed E-state index contributed by atoms with van der Waals surface area (Å²) in [5.74, 6) is -0.761. The van der Waals surface area contributed by atoms with Gasteiger partial charge in [0.25, 0.3) is 11.6 Å². The number of amides is 2. The van der Waals surface area contributed by atoms with Gasteiger partial charge in [0.1, 0.15) is 10.9 Å². The number of hydrogen-bond donors (Lipinski definition) is 2. The van der Waals surface area contributed by atoms with E-state index in [1.165, 1.54) is 24.5 Å². The minimum atomic E-state index is -0.723. The lowest BCUT2D eigenvalue weighted by Crippen LogP contribution is -2.28. The Morgan fingerprint density at radius 2 is 2.15 bits per heavy atom. The largest absolute Gasteiger partial charge is 0.320 e. The minimum Gasteiger partial charge on any atom is -0.320 e. The van der Waals surface area contributed by atoms with E-state index in [0.717, 1.165) is 17.8 Å². The molecule has 1 aromatic heterocycles. The Bertz CT molecular complexity index is 939. The van der Waals surface area contributed by atoms with Crippen molar-refractivity contribution in [1.82, 2.24) is 15.3 Å². The Morgan fingerprint density at radius 3 is 2.85 bits per heavy atom. The van der Waals surface area contributed by atoms with Crippen LogP contribution in [0.4, 0.5) is 17.3 Å². The molecule has 3 rings (SSSR count). The first-order chi connectivity index (χ1) is 12.9. The number of benzene rings is 1. The number of halogens is 1. The van der Waals surface area contributed by atoms with Gasteiger partial charge in [0.05, 0.1) is 4.92 Å². The molecule has 0 saturated carbocycles. The molecular weight excluding hydrogens is 396 g/mol. The van der Waals surface area contributed by atoms with Crippen molar-refractivity contribution in [3.63, 3.8) is 0 Å². The number of carbonyl (C=O) groups is 2. The highest BCUT2D eigenvalue weighted by atomic mass is 35.5. The van der Waals surface area contributed by atoms with Gasteiger partial charge in [-0.15, -0.1) is 0 Å². The summed E-state index contributed by atoms with van der Waals surface area (Å²) < 4.78 is 0. The lowest BCUT2D eigenvalue weighted by Gasteiger charge is -2.08. The summed E-state index contributed by atoms with van der Waals surface area (Å²) in [6.07, 6.45) is 2.83. The molecule has 0 bridgehead atoms. The van der Waals surface area contributed by atoms with Gasteiger partial charge in [0.15, 0.2) is 5.17 Å². The molecule has 27 heavy (non-hydrogen) atoms. The second-order valence-electron chi connectivity index (χ2n) is 5.23. The number of nitrogens with one attached hydrogen (secondary N) is 2. The zero-order chi connectivity index (χ0) is 19.4. The number of aliphatic imine (C=N–C) groups is 1. The molecule has 0 radical (unpaired) electrons. The molecule has 0 spiro atoms. The monoisotopic (exact) mass is 406 g/mol. The minimum absolute atomic E-state index is 0.00406. The smallest absolute Gasteiger partial charge is 0.294 e. The summed E-state index contributed by atoms with van der Waals surface area (Å²) in [6, 6.07) is 5.53. The predicted octanol–water partition coefficient (Wildman–Crippen LogP) is 2.29. The second kappa shape index (κ2) is 8.10. The standard InChI is InChI=1S/C15H11ClN6O4S/c16-8-2-3-9(10(6-8)22(25)26)19-12(23)7-11-13(24)20-15(27-11)21-14-17-4-1-5-18-14/h1-6,11H,7H2,(H,19,23)(H,17,18,20,21,24). The van der Waals surface area contributed by atoms with E-state index < -0.39 is 22.0 Å². The highest BCUT2D eigenvalue weighted by Crippen LogP contribution is 2.29. The molecule has 2 aromatic rings. The third kappa shape index (κ3) is 4.77. The number of anilines is 1. The number of nitrogens with zero attached hydrogens (tertiary/aromatic N) is 4. The average molecular weight is 407 g/mol. The van der Waals surface area contributed by atoms with Crippen LogP contribution < -0.4 is 10.6 Å². The van der Waals surface area contributed by atoms with Crippen molar-refractivity contribution in [2.45, 2.75) is 11.7 Å². The van der Waals surface area contributed by atoms with Crippen molar-refractivity contribution in [3.8, 4) is 0 Å². The molecule has 2 amide bonds. The van der Waals surface area contributed by atoms with E-state index in [-0.39, 0.29) is 33.9 Å². The molecule has 1 unspecified atom stereocenters. The first-order valence-electron chi connectivity index (χ1n) is 7.49. The maximum Gasteiger partial charge on any atom is 0.294 e. The van der Waals surface area contributed by atoms with Gasteiger partial charge in [0, 0.05) is 29.9 Å². The van der Waals surface area contributed by atoms with Crippen LogP contribution in [-0.2, 0) is 9.59 Å². The van der Waals surface area contributed by atoms with Gasteiger partial charge >= 0.3 is 0 Å². The van der Waals surface area contributed by atoms with Crippen LogP contribution in [0.15, 0.2) is 41.7 Å². The number of nitro benzene ring substituents is 1. The van der Waals surface area contributed by atoms with Gasteiger partial charge < -0.3 is 10.6 Å². The number of thioether (sulfide) groups is 1. The van der Waals surface area contributed by atoms with E-state index in [1.54, 1.807) is 6.07 Å². The van der Waals surface area contributed by atoms with E-state index in [2.05, 4.69) is 25.6 Å². The Labute approximate surface area is 161 Å². The van der Waals surface area contributed by atoms with Gasteiger partial charge in [-0.25, -0.2) is 9.97 Å². The number of nitro groups is 1. The Hall–Kier alpha value is -3.05. The van der Waals surface area contributed by atoms with E-state index in [4.69, 9.17) is 11.6 Å². The lowest BCUT2D eigenvalue weighted by atomic mass is 10.2. The number of aromatic nitrogens is 2. The maximum atomic E-state index is 12.2. The van der Waals surface area contributed by atoms with Crippen LogP contribution in [-0.4, -0.2) is 37.1 Å². The molecule has 2 N–H and O–H groups in total. The highest BCUT2D eigenvalue weighted by Gasteiger charge is 2.32. The molecule has 0 aliphatic carbocycles. The fourth-order valence-corrected chi connectivity index (χ4v) is 3.29. The molecule has 1 fully saturated rings. The van der Waals surface area contributed by atoms with Crippen molar-refractivity contribution in [3.05, 3.63) is 51.8 Å². The first-order valence-corrected chi connectivity index (χ1v) is 8.75. The summed E-state index contributed by atoms with van der Waals surface area (Å²) >= 11 is 6.80. The zero-order valence-corrected chi connectivity index (χ0v) is 15.0. The van der Waals surface area contributed by atoms with Crippen molar-refractivity contribution in [1.29, 1.82) is 0 Å². The summed E-state index contributed by atoms with van der Waals surface area (Å²) in [5, 5.41) is 15.8. The fraction of sp³-hybridized carbons (Fsp3) is 0.133. The normalized spacial score (nSPS) is 17.6. The van der Waals surface area contributed by atoms with Crippen molar-refractivity contribution in [2.75, 3.05) is 5.32 Å². The number of hydrogen-bond acceptors (Lipinski definition) is 8. The van der Waals surface area contributed by atoms with Crippen LogP contribution in [0.5, 0.6) is 0 Å². The van der Waals surface area contributed by atoms with Crippen molar-refractivity contribution >= 4 is 57.7 Å². The maximum absolute atomic E-state index is 12.2. The number of rotatable bonds is 5. The van der Waals surface area contributed by atoms with E-state index in [0.29, 0.717) is 0 Å². The Kier molecular flexibility index (Phi) is 5.62. The van der Waals surface area contributed by atoms with Crippen LogP contribution in [0.1, 0.15) is 6.42 Å². The molecule has 12 heteroatoms. The van der Waals surface area contributed by atoms with Crippen LogP contribution in [0.3, 0.4) is 0 Å². The van der Waals surface area contributed by atoms with E-state index >= 15 is 0 Å². The second-order valence-corrected chi connectivity index (χ2v) is 6.86. The highest BCUT2D eigenvalue weighted by molar-refractivity contribution is 8.15. The van der Waals surface area contributed by atoms with Crippen LogP contribution in [0.25, 0.3) is 0 Å². The van der Waals surface area contributed by atoms with Crippen LogP contribution >= 0.6 is 23.4 Å². The molecule has 1 aromatic carbocycles. The van der Waals surface area contributed by atoms with Crippen molar-refractivity contribution in [2.24, 2.45) is 4.99 Å². The summed E-state index contributed by atoms with van der Waals surface area (Å²) in [4.78, 5) is 46.6. The molecule has 10 nitrogen and oxygen atoms in total. The van der Waals surface area contributed by atoms with E-state index in [9.17, 15) is 19.7 Å². The van der Waals surface area contributed by atoms with Gasteiger partial charge in [-0.1, -0.05) is 23.4 Å². The number of amidine groups is 1. The SMILES string of the molecule is O=C(CC1S/C(=N\c2ncccn2)NC1=O)Nc1ccc(Cl)cc1[N+](=O)[O-]. The molecular formula is C15H11ClN6O4S.